The zero-order valence-corrected chi connectivity index (χ0v) is 14.9. The molecule has 0 bridgehead atoms. The van der Waals surface area contributed by atoms with Crippen LogP contribution in [0.1, 0.15) is 20.8 Å². The van der Waals surface area contributed by atoms with Crippen LogP contribution in [-0.4, -0.2) is 52.7 Å². The van der Waals surface area contributed by atoms with Crippen LogP contribution < -0.4 is 4.90 Å². The number of nitrogens with zero attached hydrogens (tertiary/aromatic N) is 4. The number of carbonyl (C=O) groups is 1. The minimum Gasteiger partial charge on any atom is -0.444 e. The Balaban J connectivity index is 1.73. The summed E-state index contributed by atoms with van der Waals surface area (Å²) in [4.78, 5) is 24.8. The number of anilines is 1. The first-order chi connectivity index (χ1) is 11.3. The van der Waals surface area contributed by atoms with Gasteiger partial charge in [-0.3, -0.25) is 4.98 Å². The van der Waals surface area contributed by atoms with Crippen LogP contribution >= 0.6 is 11.6 Å². The van der Waals surface area contributed by atoms with Crippen LogP contribution in [0.25, 0.3) is 11.0 Å². The lowest BCUT2D eigenvalue weighted by atomic mass is 10.2. The molecule has 1 saturated heterocycles. The van der Waals surface area contributed by atoms with Crippen molar-refractivity contribution in [1.82, 2.24) is 14.9 Å². The van der Waals surface area contributed by atoms with E-state index in [9.17, 15) is 4.79 Å². The fraction of sp³-hybridized carbons (Fsp3) is 0.471. The maximum absolute atomic E-state index is 12.2. The molecule has 2 aromatic rings. The topological polar surface area (TPSA) is 58.6 Å². The Morgan fingerprint density at radius 3 is 2.54 bits per heavy atom. The van der Waals surface area contributed by atoms with Gasteiger partial charge in [0.15, 0.2) is 0 Å². The summed E-state index contributed by atoms with van der Waals surface area (Å²) >= 11 is 6.03. The largest absolute Gasteiger partial charge is 0.444 e. The van der Waals surface area contributed by atoms with E-state index in [-0.39, 0.29) is 6.09 Å². The molecule has 1 amide bonds. The first-order valence-electron chi connectivity index (χ1n) is 7.98. The number of fused-ring (bicyclic) bond motifs is 1. The van der Waals surface area contributed by atoms with Crippen molar-refractivity contribution in [3.63, 3.8) is 0 Å². The maximum atomic E-state index is 12.2. The van der Waals surface area contributed by atoms with Gasteiger partial charge < -0.3 is 14.5 Å². The molecule has 0 unspecified atom stereocenters. The molecule has 7 heteroatoms. The Morgan fingerprint density at radius 2 is 1.88 bits per heavy atom. The van der Waals surface area contributed by atoms with E-state index in [4.69, 9.17) is 16.3 Å². The van der Waals surface area contributed by atoms with E-state index in [1.165, 1.54) is 0 Å². The molecule has 0 atom stereocenters. The number of pyridine rings is 2. The number of halogens is 1. The lowest BCUT2D eigenvalue weighted by Crippen LogP contribution is -2.50. The standard InChI is InChI=1S/C17H21ClN4O2/c1-17(2,3)24-16(23)22-10-8-21(9-11-22)13-6-7-19-12-4-5-14(18)20-15(12)13/h4-7H,8-11H2,1-3H3. The van der Waals surface area contributed by atoms with Gasteiger partial charge in [-0.25, -0.2) is 9.78 Å². The molecule has 3 heterocycles. The number of piperazine rings is 1. The van der Waals surface area contributed by atoms with Gasteiger partial charge in [-0.05, 0) is 39.0 Å². The van der Waals surface area contributed by atoms with E-state index in [0.717, 1.165) is 16.7 Å². The third kappa shape index (κ3) is 3.70. The van der Waals surface area contributed by atoms with Crippen molar-refractivity contribution in [2.75, 3.05) is 31.1 Å². The van der Waals surface area contributed by atoms with Crippen LogP contribution in [0.3, 0.4) is 0 Å². The van der Waals surface area contributed by atoms with Crippen molar-refractivity contribution in [2.24, 2.45) is 0 Å². The fourth-order valence-corrected chi connectivity index (χ4v) is 2.85. The van der Waals surface area contributed by atoms with Gasteiger partial charge in [0.05, 0.1) is 11.2 Å². The number of rotatable bonds is 1. The highest BCUT2D eigenvalue weighted by molar-refractivity contribution is 6.29. The summed E-state index contributed by atoms with van der Waals surface area (Å²) in [6.07, 6.45) is 1.51. The molecule has 0 aliphatic carbocycles. The van der Waals surface area contributed by atoms with Crippen molar-refractivity contribution >= 4 is 34.4 Å². The first kappa shape index (κ1) is 16.8. The molecular formula is C17H21ClN4O2. The quantitative estimate of drug-likeness (QED) is 0.740. The Morgan fingerprint density at radius 1 is 1.17 bits per heavy atom. The molecule has 0 radical (unpaired) electrons. The molecule has 6 nitrogen and oxygen atoms in total. The zero-order chi connectivity index (χ0) is 17.3. The van der Waals surface area contributed by atoms with Crippen LogP contribution in [0.5, 0.6) is 0 Å². The smallest absolute Gasteiger partial charge is 0.410 e. The van der Waals surface area contributed by atoms with E-state index in [2.05, 4.69) is 14.9 Å². The number of ether oxygens (including phenoxy) is 1. The molecule has 2 aromatic heterocycles. The van der Waals surface area contributed by atoms with Crippen LogP contribution in [-0.2, 0) is 4.74 Å². The third-order valence-electron chi connectivity index (χ3n) is 3.80. The lowest BCUT2D eigenvalue weighted by Gasteiger charge is -2.36. The summed E-state index contributed by atoms with van der Waals surface area (Å²) in [5.41, 5.74) is 2.12. The molecule has 1 fully saturated rings. The SMILES string of the molecule is CC(C)(C)OC(=O)N1CCN(c2ccnc3ccc(Cl)nc23)CC1. The second-order valence-electron chi connectivity index (χ2n) is 6.79. The highest BCUT2D eigenvalue weighted by atomic mass is 35.5. The fourth-order valence-electron chi connectivity index (χ4n) is 2.70. The minimum absolute atomic E-state index is 0.261. The molecular weight excluding hydrogens is 328 g/mol. The van der Waals surface area contributed by atoms with E-state index >= 15 is 0 Å². The molecule has 3 rings (SSSR count). The Bertz CT molecular complexity index is 752. The summed E-state index contributed by atoms with van der Waals surface area (Å²) in [6.45, 7) is 8.27. The predicted octanol–water partition coefficient (Wildman–Crippen LogP) is 3.34. The average molecular weight is 349 g/mol. The summed E-state index contributed by atoms with van der Waals surface area (Å²) in [5.74, 6) is 0. The lowest BCUT2D eigenvalue weighted by molar-refractivity contribution is 0.0240. The van der Waals surface area contributed by atoms with Crippen molar-refractivity contribution in [3.05, 3.63) is 29.5 Å². The Kier molecular flexibility index (Phi) is 4.49. The Labute approximate surface area is 146 Å². The van der Waals surface area contributed by atoms with Gasteiger partial charge in [0.2, 0.25) is 0 Å². The van der Waals surface area contributed by atoms with Crippen molar-refractivity contribution in [3.8, 4) is 0 Å². The normalized spacial score (nSPS) is 15.7. The molecule has 24 heavy (non-hydrogen) atoms. The van der Waals surface area contributed by atoms with Gasteiger partial charge in [-0.15, -0.1) is 0 Å². The summed E-state index contributed by atoms with van der Waals surface area (Å²) in [6, 6.07) is 5.54. The summed E-state index contributed by atoms with van der Waals surface area (Å²) in [5, 5.41) is 0.448. The maximum Gasteiger partial charge on any atom is 0.410 e. The van der Waals surface area contributed by atoms with Crippen LogP contribution in [0.2, 0.25) is 5.15 Å². The number of amides is 1. The number of carbonyl (C=O) groups excluding carboxylic acids is 1. The number of aromatic nitrogens is 2. The van der Waals surface area contributed by atoms with Crippen molar-refractivity contribution < 1.29 is 9.53 Å². The monoisotopic (exact) mass is 348 g/mol. The van der Waals surface area contributed by atoms with E-state index in [1.807, 2.05) is 32.9 Å². The Hall–Kier alpha value is -2.08. The second-order valence-corrected chi connectivity index (χ2v) is 7.17. The van der Waals surface area contributed by atoms with Gasteiger partial charge >= 0.3 is 6.09 Å². The highest BCUT2D eigenvalue weighted by Gasteiger charge is 2.26. The number of hydrogen-bond acceptors (Lipinski definition) is 5. The van der Waals surface area contributed by atoms with Gasteiger partial charge in [0.1, 0.15) is 16.3 Å². The van der Waals surface area contributed by atoms with Crippen LogP contribution in [0.15, 0.2) is 24.4 Å². The van der Waals surface area contributed by atoms with Crippen molar-refractivity contribution in [1.29, 1.82) is 0 Å². The third-order valence-corrected chi connectivity index (χ3v) is 4.01. The van der Waals surface area contributed by atoms with Gasteiger partial charge in [0, 0.05) is 32.4 Å². The van der Waals surface area contributed by atoms with E-state index in [1.54, 1.807) is 17.2 Å². The predicted molar refractivity (Wildman–Crippen MR) is 94.6 cm³/mol. The van der Waals surface area contributed by atoms with Crippen LogP contribution in [0.4, 0.5) is 10.5 Å². The average Bonchev–Trinajstić information content (AvgIpc) is 2.53. The molecule has 0 saturated carbocycles. The number of hydrogen-bond donors (Lipinski definition) is 0. The molecule has 0 spiro atoms. The van der Waals surface area contributed by atoms with Gasteiger partial charge in [0.25, 0.3) is 0 Å². The van der Waals surface area contributed by atoms with Gasteiger partial charge in [-0.1, -0.05) is 11.6 Å². The van der Waals surface area contributed by atoms with Crippen molar-refractivity contribution in [2.45, 2.75) is 26.4 Å². The molecule has 0 aromatic carbocycles. The second kappa shape index (κ2) is 6.43. The minimum atomic E-state index is -0.476. The zero-order valence-electron chi connectivity index (χ0n) is 14.1. The summed E-state index contributed by atoms with van der Waals surface area (Å²) in [7, 11) is 0. The van der Waals surface area contributed by atoms with Gasteiger partial charge in [-0.2, -0.15) is 0 Å². The molecule has 1 aliphatic heterocycles. The molecule has 1 aliphatic rings. The highest BCUT2D eigenvalue weighted by Crippen LogP contribution is 2.26. The first-order valence-corrected chi connectivity index (χ1v) is 8.35. The summed E-state index contributed by atoms with van der Waals surface area (Å²) < 4.78 is 5.43. The van der Waals surface area contributed by atoms with E-state index in [0.29, 0.717) is 31.3 Å². The molecule has 128 valence electrons. The molecule has 0 N–H and O–H groups in total. The van der Waals surface area contributed by atoms with Crippen LogP contribution in [0, 0.1) is 0 Å². The van der Waals surface area contributed by atoms with E-state index < -0.39 is 5.60 Å².